The molecule has 1 aromatic heterocycles. The summed E-state index contributed by atoms with van der Waals surface area (Å²) in [5.41, 5.74) is 0.565. The van der Waals surface area contributed by atoms with Crippen molar-refractivity contribution in [1.82, 2.24) is 10.3 Å². The smallest absolute Gasteiger partial charge is 0.115 e. The predicted octanol–water partition coefficient (Wildman–Crippen LogP) is 3.32. The van der Waals surface area contributed by atoms with E-state index < -0.39 is 5.54 Å². The molecule has 1 unspecified atom stereocenters. The van der Waals surface area contributed by atoms with Crippen molar-refractivity contribution < 1.29 is 5.11 Å². The van der Waals surface area contributed by atoms with Gasteiger partial charge in [0.15, 0.2) is 0 Å². The molecular weight excluding hydrogens is 304 g/mol. The Kier molecular flexibility index (Phi) is 6.06. The van der Waals surface area contributed by atoms with Crippen LogP contribution < -0.4 is 5.32 Å². The van der Waals surface area contributed by atoms with Crippen LogP contribution in [0.3, 0.4) is 0 Å². The third-order valence-electron chi connectivity index (χ3n) is 3.29. The third-order valence-corrected chi connectivity index (χ3v) is 4.94. The number of halogens is 1. The first kappa shape index (κ1) is 16.3. The standard InChI is InChI=1S/C16H19ClN2OS/c1-2-19-16(11-20,13-7-4-3-5-8-13)12-21-15-14(17)9-6-10-18-15/h3-10,19-20H,2,11-12H2,1H3. The van der Waals surface area contributed by atoms with Crippen LogP contribution in [0.25, 0.3) is 0 Å². The highest BCUT2D eigenvalue weighted by Gasteiger charge is 2.31. The number of likely N-dealkylation sites (N-methyl/N-ethyl adjacent to an activating group) is 1. The van der Waals surface area contributed by atoms with Gasteiger partial charge in [0.05, 0.1) is 17.2 Å². The largest absolute Gasteiger partial charge is 0.394 e. The molecule has 0 aliphatic carbocycles. The number of nitrogens with zero attached hydrogens (tertiary/aromatic N) is 1. The van der Waals surface area contributed by atoms with E-state index in [0.717, 1.165) is 17.1 Å². The van der Waals surface area contributed by atoms with Crippen LogP contribution >= 0.6 is 23.4 Å². The lowest BCUT2D eigenvalue weighted by molar-refractivity contribution is 0.181. The van der Waals surface area contributed by atoms with Crippen LogP contribution in [0, 0.1) is 0 Å². The highest BCUT2D eigenvalue weighted by molar-refractivity contribution is 7.99. The monoisotopic (exact) mass is 322 g/mol. The van der Waals surface area contributed by atoms with E-state index in [-0.39, 0.29) is 6.61 Å². The van der Waals surface area contributed by atoms with E-state index in [4.69, 9.17) is 11.6 Å². The maximum absolute atomic E-state index is 9.98. The van der Waals surface area contributed by atoms with Gasteiger partial charge in [-0.1, -0.05) is 48.9 Å². The zero-order valence-electron chi connectivity index (χ0n) is 11.9. The second-order valence-electron chi connectivity index (χ2n) is 4.72. The van der Waals surface area contributed by atoms with Gasteiger partial charge in [0, 0.05) is 11.9 Å². The first-order valence-electron chi connectivity index (χ1n) is 6.86. The number of hydrogen-bond acceptors (Lipinski definition) is 4. The van der Waals surface area contributed by atoms with Crippen molar-refractivity contribution in [3.05, 3.63) is 59.2 Å². The highest BCUT2D eigenvalue weighted by atomic mass is 35.5. The van der Waals surface area contributed by atoms with Crippen molar-refractivity contribution in [3.8, 4) is 0 Å². The summed E-state index contributed by atoms with van der Waals surface area (Å²) in [4.78, 5) is 4.29. The van der Waals surface area contributed by atoms with Crippen molar-refractivity contribution in [2.75, 3.05) is 18.9 Å². The van der Waals surface area contributed by atoms with E-state index in [2.05, 4.69) is 10.3 Å². The normalized spacial score (nSPS) is 13.9. The fourth-order valence-electron chi connectivity index (χ4n) is 2.19. The van der Waals surface area contributed by atoms with Crippen LogP contribution in [0.4, 0.5) is 0 Å². The lowest BCUT2D eigenvalue weighted by Gasteiger charge is -2.33. The molecule has 0 radical (unpaired) electrons. The quantitative estimate of drug-likeness (QED) is 0.768. The van der Waals surface area contributed by atoms with E-state index in [9.17, 15) is 5.11 Å². The van der Waals surface area contributed by atoms with Gasteiger partial charge >= 0.3 is 0 Å². The molecule has 0 aliphatic heterocycles. The van der Waals surface area contributed by atoms with Crippen LogP contribution in [-0.2, 0) is 5.54 Å². The Hall–Kier alpha value is -1.07. The third kappa shape index (κ3) is 3.98. The molecule has 1 atom stereocenters. The van der Waals surface area contributed by atoms with Gasteiger partial charge in [-0.15, -0.1) is 11.8 Å². The molecule has 112 valence electrons. The van der Waals surface area contributed by atoms with Gasteiger partial charge < -0.3 is 10.4 Å². The van der Waals surface area contributed by atoms with Crippen LogP contribution in [0.1, 0.15) is 12.5 Å². The number of aliphatic hydroxyl groups excluding tert-OH is 1. The van der Waals surface area contributed by atoms with Gasteiger partial charge in [-0.2, -0.15) is 0 Å². The maximum atomic E-state index is 9.98. The summed E-state index contributed by atoms with van der Waals surface area (Å²) < 4.78 is 0. The number of aliphatic hydroxyl groups is 1. The molecule has 2 rings (SSSR count). The Morgan fingerprint density at radius 3 is 2.62 bits per heavy atom. The minimum absolute atomic E-state index is 0.0162. The molecule has 3 nitrogen and oxygen atoms in total. The second kappa shape index (κ2) is 7.80. The topological polar surface area (TPSA) is 45.1 Å². The molecule has 1 heterocycles. The van der Waals surface area contributed by atoms with Crippen LogP contribution in [0.15, 0.2) is 53.7 Å². The summed E-state index contributed by atoms with van der Waals surface area (Å²) in [5, 5.41) is 14.8. The van der Waals surface area contributed by atoms with Crippen molar-refractivity contribution in [2.24, 2.45) is 0 Å². The molecule has 0 fully saturated rings. The highest BCUT2D eigenvalue weighted by Crippen LogP contribution is 2.31. The van der Waals surface area contributed by atoms with Crippen molar-refractivity contribution in [3.63, 3.8) is 0 Å². The van der Waals surface area contributed by atoms with Crippen molar-refractivity contribution >= 4 is 23.4 Å². The maximum Gasteiger partial charge on any atom is 0.115 e. The predicted molar refractivity (Wildman–Crippen MR) is 88.9 cm³/mol. The van der Waals surface area contributed by atoms with Gasteiger partial charge in [-0.25, -0.2) is 4.98 Å². The molecule has 0 amide bonds. The van der Waals surface area contributed by atoms with Gasteiger partial charge in [0.25, 0.3) is 0 Å². The Morgan fingerprint density at radius 2 is 2.00 bits per heavy atom. The Bertz CT molecular complexity index is 567. The molecule has 2 N–H and O–H groups in total. The summed E-state index contributed by atoms with van der Waals surface area (Å²) in [6, 6.07) is 13.6. The average molecular weight is 323 g/mol. The molecule has 5 heteroatoms. The van der Waals surface area contributed by atoms with Gasteiger partial charge in [0.1, 0.15) is 5.03 Å². The molecule has 1 aromatic carbocycles. The lowest BCUT2D eigenvalue weighted by Crippen LogP contribution is -2.47. The molecule has 21 heavy (non-hydrogen) atoms. The van der Waals surface area contributed by atoms with Crippen LogP contribution in [-0.4, -0.2) is 29.0 Å². The molecule has 0 saturated heterocycles. The van der Waals surface area contributed by atoms with Gasteiger partial charge in [-0.3, -0.25) is 0 Å². The summed E-state index contributed by atoms with van der Waals surface area (Å²) >= 11 is 7.70. The summed E-state index contributed by atoms with van der Waals surface area (Å²) in [5.74, 6) is 0.651. The molecule has 2 aromatic rings. The van der Waals surface area contributed by atoms with Crippen molar-refractivity contribution in [1.29, 1.82) is 0 Å². The van der Waals surface area contributed by atoms with Crippen LogP contribution in [0.2, 0.25) is 5.02 Å². The number of thioether (sulfide) groups is 1. The number of aromatic nitrogens is 1. The number of benzene rings is 1. The average Bonchev–Trinajstić information content (AvgIpc) is 2.54. The van der Waals surface area contributed by atoms with E-state index in [1.807, 2.05) is 49.4 Å². The Morgan fingerprint density at radius 1 is 1.24 bits per heavy atom. The Balaban J connectivity index is 2.23. The zero-order valence-corrected chi connectivity index (χ0v) is 13.5. The SMILES string of the molecule is CCNC(CO)(CSc1ncccc1Cl)c1ccccc1. The van der Waals surface area contributed by atoms with Gasteiger partial charge in [-0.05, 0) is 24.2 Å². The fraction of sp³-hybridized carbons (Fsp3) is 0.312. The van der Waals surface area contributed by atoms with E-state index in [1.165, 1.54) is 0 Å². The number of hydrogen-bond donors (Lipinski definition) is 2. The first-order chi connectivity index (χ1) is 10.2. The molecule has 0 bridgehead atoms. The molecule has 0 saturated carbocycles. The summed E-state index contributed by atoms with van der Waals surface area (Å²) in [6.45, 7) is 2.82. The molecule has 0 spiro atoms. The number of nitrogens with one attached hydrogen (secondary N) is 1. The van der Waals surface area contributed by atoms with Gasteiger partial charge in [0.2, 0.25) is 0 Å². The Labute approximate surface area is 134 Å². The van der Waals surface area contributed by atoms with Crippen LogP contribution in [0.5, 0.6) is 0 Å². The van der Waals surface area contributed by atoms with E-state index in [1.54, 1.807) is 18.0 Å². The van der Waals surface area contributed by atoms with Crippen molar-refractivity contribution in [2.45, 2.75) is 17.5 Å². The number of rotatable bonds is 7. The molecule has 0 aliphatic rings. The second-order valence-corrected chi connectivity index (χ2v) is 6.09. The summed E-state index contributed by atoms with van der Waals surface area (Å²) in [7, 11) is 0. The van der Waals surface area contributed by atoms with E-state index in [0.29, 0.717) is 10.8 Å². The van der Waals surface area contributed by atoms with E-state index >= 15 is 0 Å². The fourth-order valence-corrected chi connectivity index (χ4v) is 3.56. The lowest BCUT2D eigenvalue weighted by atomic mass is 9.92. The first-order valence-corrected chi connectivity index (χ1v) is 8.23. The minimum Gasteiger partial charge on any atom is -0.394 e. The zero-order chi connectivity index (χ0) is 15.1. The minimum atomic E-state index is -0.498. The number of pyridine rings is 1. The molecular formula is C16H19ClN2OS. The summed E-state index contributed by atoms with van der Waals surface area (Å²) in [6.07, 6.45) is 1.73.